The van der Waals surface area contributed by atoms with Gasteiger partial charge >= 0.3 is 0 Å². The Labute approximate surface area is 207 Å². The van der Waals surface area contributed by atoms with E-state index in [4.69, 9.17) is 20.4 Å². The second-order valence-corrected chi connectivity index (χ2v) is 10.5. The van der Waals surface area contributed by atoms with Gasteiger partial charge in [0.25, 0.3) is 0 Å². The Hall–Kier alpha value is -2.93. The minimum Gasteiger partial charge on any atom is -0.492 e. The highest BCUT2D eigenvalue weighted by Gasteiger charge is 2.47. The SMILES string of the molecule is NC(=O)C1C2C=CC(C2)C1Nc1nc(Cc2ccc(OCCN3CCCC3)cc2)nc2c1CCC2. The third kappa shape index (κ3) is 4.66. The molecule has 7 heteroatoms. The Kier molecular flexibility index (Phi) is 6.19. The minimum atomic E-state index is -0.215. The standard InChI is InChI=1S/C28H35N5O2/c29-27(34)25-19-8-9-20(17-19)26(25)32-28-22-4-3-5-23(22)30-24(31-28)16-18-6-10-21(11-7-18)35-15-14-33-12-1-2-13-33/h6-11,19-20,25-26H,1-5,12-17H2,(H2,29,34)(H,30,31,32). The third-order valence-corrected chi connectivity index (χ3v) is 8.23. The molecule has 1 saturated carbocycles. The van der Waals surface area contributed by atoms with E-state index in [0.717, 1.165) is 61.9 Å². The summed E-state index contributed by atoms with van der Waals surface area (Å²) in [7, 11) is 0. The van der Waals surface area contributed by atoms with Crippen LogP contribution >= 0.6 is 0 Å². The second-order valence-electron chi connectivity index (χ2n) is 10.5. The van der Waals surface area contributed by atoms with Gasteiger partial charge in [0.1, 0.15) is 24.0 Å². The number of nitrogens with one attached hydrogen (secondary N) is 1. The smallest absolute Gasteiger partial charge is 0.223 e. The van der Waals surface area contributed by atoms with E-state index in [1.807, 2.05) is 12.1 Å². The first-order valence-corrected chi connectivity index (χ1v) is 13.2. The summed E-state index contributed by atoms with van der Waals surface area (Å²) in [5.74, 6) is 2.84. The van der Waals surface area contributed by atoms with Gasteiger partial charge < -0.3 is 15.8 Å². The largest absolute Gasteiger partial charge is 0.492 e. The number of carbonyl (C=O) groups excluding carboxylic acids is 1. The van der Waals surface area contributed by atoms with Crippen molar-refractivity contribution in [3.63, 3.8) is 0 Å². The van der Waals surface area contributed by atoms with Crippen molar-refractivity contribution >= 4 is 11.7 Å². The van der Waals surface area contributed by atoms with E-state index in [-0.39, 0.29) is 23.8 Å². The number of hydrogen-bond acceptors (Lipinski definition) is 6. The highest BCUT2D eigenvalue weighted by Crippen LogP contribution is 2.45. The predicted molar refractivity (Wildman–Crippen MR) is 135 cm³/mol. The fourth-order valence-electron chi connectivity index (χ4n) is 6.43. The molecule has 1 amide bonds. The summed E-state index contributed by atoms with van der Waals surface area (Å²) < 4.78 is 5.95. The monoisotopic (exact) mass is 473 g/mol. The maximum absolute atomic E-state index is 12.2. The molecule has 2 heterocycles. The lowest BCUT2D eigenvalue weighted by Crippen LogP contribution is -2.41. The molecule has 0 spiro atoms. The predicted octanol–water partition coefficient (Wildman–Crippen LogP) is 3.12. The Bertz CT molecular complexity index is 1110. The lowest BCUT2D eigenvalue weighted by Gasteiger charge is -2.28. The zero-order chi connectivity index (χ0) is 23.8. The summed E-state index contributed by atoms with van der Waals surface area (Å²) in [6, 6.07) is 8.33. The number of anilines is 1. The normalized spacial score (nSPS) is 26.9. The van der Waals surface area contributed by atoms with Crippen LogP contribution in [0.3, 0.4) is 0 Å². The van der Waals surface area contributed by atoms with E-state index in [1.165, 1.54) is 37.1 Å². The van der Waals surface area contributed by atoms with Gasteiger partial charge in [0.15, 0.2) is 0 Å². The van der Waals surface area contributed by atoms with Crippen LogP contribution in [0.2, 0.25) is 0 Å². The average Bonchev–Trinajstić information content (AvgIpc) is 3.65. The molecule has 6 rings (SSSR count). The molecule has 4 aliphatic rings. The molecule has 2 fully saturated rings. The molecule has 4 atom stereocenters. The summed E-state index contributed by atoms with van der Waals surface area (Å²) in [6.07, 6.45) is 11.7. The van der Waals surface area contributed by atoms with Crippen LogP contribution in [0.5, 0.6) is 5.75 Å². The maximum atomic E-state index is 12.2. The number of primary amides is 1. The van der Waals surface area contributed by atoms with Crippen LogP contribution in [0.4, 0.5) is 5.82 Å². The number of rotatable bonds is 9. The summed E-state index contributed by atoms with van der Waals surface area (Å²) in [4.78, 5) is 24.5. The van der Waals surface area contributed by atoms with Gasteiger partial charge in [0.2, 0.25) is 5.91 Å². The van der Waals surface area contributed by atoms with Crippen LogP contribution in [-0.4, -0.2) is 53.1 Å². The van der Waals surface area contributed by atoms with Gasteiger partial charge in [-0.15, -0.1) is 0 Å². The highest BCUT2D eigenvalue weighted by atomic mass is 16.5. The van der Waals surface area contributed by atoms with Crippen molar-refractivity contribution in [3.05, 3.63) is 59.1 Å². The van der Waals surface area contributed by atoms with Gasteiger partial charge in [-0.1, -0.05) is 24.3 Å². The van der Waals surface area contributed by atoms with Crippen LogP contribution in [0.25, 0.3) is 0 Å². The summed E-state index contributed by atoms with van der Waals surface area (Å²) in [6.45, 7) is 4.12. The number of nitrogens with two attached hydrogens (primary N) is 1. The number of amides is 1. The number of aromatic nitrogens is 2. The summed E-state index contributed by atoms with van der Waals surface area (Å²) >= 11 is 0. The summed E-state index contributed by atoms with van der Waals surface area (Å²) in [5, 5.41) is 3.66. The quantitative estimate of drug-likeness (QED) is 0.544. The first-order chi connectivity index (χ1) is 17.1. The van der Waals surface area contributed by atoms with Crippen LogP contribution in [0, 0.1) is 17.8 Å². The maximum Gasteiger partial charge on any atom is 0.223 e. The van der Waals surface area contributed by atoms with E-state index in [0.29, 0.717) is 12.3 Å². The average molecular weight is 474 g/mol. The zero-order valence-corrected chi connectivity index (χ0v) is 20.3. The molecular formula is C28H35N5O2. The van der Waals surface area contributed by atoms with E-state index in [2.05, 4.69) is 34.5 Å². The fourth-order valence-corrected chi connectivity index (χ4v) is 6.43. The lowest BCUT2D eigenvalue weighted by molar-refractivity contribution is -0.122. The molecule has 0 radical (unpaired) electrons. The number of benzene rings is 1. The van der Waals surface area contributed by atoms with Gasteiger partial charge in [0.05, 0.1) is 5.92 Å². The van der Waals surface area contributed by atoms with E-state index in [9.17, 15) is 4.79 Å². The number of fused-ring (bicyclic) bond motifs is 3. The molecule has 1 aliphatic heterocycles. The molecule has 2 bridgehead atoms. The number of hydrogen-bond donors (Lipinski definition) is 2. The molecule has 4 unspecified atom stereocenters. The van der Waals surface area contributed by atoms with Crippen molar-refractivity contribution in [3.8, 4) is 5.75 Å². The minimum absolute atomic E-state index is 0.0203. The molecule has 7 nitrogen and oxygen atoms in total. The Balaban J connectivity index is 1.14. The number of carbonyl (C=O) groups is 1. The molecule has 184 valence electrons. The van der Waals surface area contributed by atoms with Crippen molar-refractivity contribution in [1.29, 1.82) is 0 Å². The zero-order valence-electron chi connectivity index (χ0n) is 20.3. The molecule has 3 N–H and O–H groups in total. The van der Waals surface area contributed by atoms with Gasteiger partial charge in [-0.3, -0.25) is 9.69 Å². The van der Waals surface area contributed by atoms with Crippen LogP contribution in [0.15, 0.2) is 36.4 Å². The number of ether oxygens (including phenoxy) is 1. The number of nitrogens with zero attached hydrogens (tertiary/aromatic N) is 3. The van der Waals surface area contributed by atoms with Crippen LogP contribution in [0.1, 0.15) is 48.3 Å². The van der Waals surface area contributed by atoms with Crippen LogP contribution < -0.4 is 15.8 Å². The highest BCUT2D eigenvalue weighted by molar-refractivity contribution is 5.80. The third-order valence-electron chi connectivity index (χ3n) is 8.23. The van der Waals surface area contributed by atoms with Gasteiger partial charge in [0, 0.05) is 30.3 Å². The topological polar surface area (TPSA) is 93.4 Å². The molecule has 3 aliphatic carbocycles. The van der Waals surface area contributed by atoms with Gasteiger partial charge in [-0.25, -0.2) is 9.97 Å². The Morgan fingerprint density at radius 3 is 2.66 bits per heavy atom. The molecule has 1 aromatic heterocycles. The summed E-state index contributed by atoms with van der Waals surface area (Å²) in [5.41, 5.74) is 9.31. The number of allylic oxidation sites excluding steroid dienone is 1. The molecule has 1 saturated heterocycles. The first-order valence-electron chi connectivity index (χ1n) is 13.2. The number of aryl methyl sites for hydroxylation is 1. The van der Waals surface area contributed by atoms with Crippen molar-refractivity contribution < 1.29 is 9.53 Å². The first kappa shape index (κ1) is 22.5. The van der Waals surface area contributed by atoms with Crippen molar-refractivity contribution in [2.24, 2.45) is 23.5 Å². The molecule has 35 heavy (non-hydrogen) atoms. The molecular weight excluding hydrogens is 438 g/mol. The van der Waals surface area contributed by atoms with Gasteiger partial charge in [-0.2, -0.15) is 0 Å². The van der Waals surface area contributed by atoms with Crippen molar-refractivity contribution in [1.82, 2.24) is 14.9 Å². The van der Waals surface area contributed by atoms with Crippen molar-refractivity contribution in [2.45, 2.75) is 51.0 Å². The van der Waals surface area contributed by atoms with Crippen molar-refractivity contribution in [2.75, 3.05) is 31.6 Å². The molecule has 1 aromatic carbocycles. The van der Waals surface area contributed by atoms with Crippen LogP contribution in [-0.2, 0) is 24.1 Å². The number of likely N-dealkylation sites (tertiary alicyclic amines) is 1. The Morgan fingerprint density at radius 1 is 1.06 bits per heavy atom. The van der Waals surface area contributed by atoms with E-state index >= 15 is 0 Å². The lowest BCUT2D eigenvalue weighted by atomic mass is 9.88. The fraction of sp³-hybridized carbons (Fsp3) is 0.536. The second kappa shape index (κ2) is 9.61. The Morgan fingerprint density at radius 2 is 1.86 bits per heavy atom. The van der Waals surface area contributed by atoms with E-state index in [1.54, 1.807) is 0 Å². The van der Waals surface area contributed by atoms with E-state index < -0.39 is 0 Å². The molecule has 2 aromatic rings. The van der Waals surface area contributed by atoms with Gasteiger partial charge in [-0.05, 0) is 81.1 Å².